The Bertz CT molecular complexity index is 1430. The Morgan fingerprint density at radius 3 is 2.34 bits per heavy atom. The molecular formula is C27H31FN4O6. The third-order valence-corrected chi connectivity index (χ3v) is 5.73. The van der Waals surface area contributed by atoms with Gasteiger partial charge in [0, 0.05) is 11.8 Å². The average molecular weight is 527 g/mol. The molecular weight excluding hydrogens is 495 g/mol. The molecule has 10 nitrogen and oxygen atoms in total. The molecule has 2 N–H and O–H groups in total. The molecule has 0 radical (unpaired) electrons. The standard InChI is InChI=1S/C27H31FN4O6/c1-26(2,3)38-22(33)15-32(27(4,5)24(35)37-6)25(36)29-21-14-16(11-12-19(21)28)13-20-17-9-7-8-10-18(17)23(34)31-30-20/h7-12,14H,13,15H2,1-6H3,(H,29,36)(H,31,34). The van der Waals surface area contributed by atoms with Gasteiger partial charge in [-0.2, -0.15) is 5.10 Å². The lowest BCUT2D eigenvalue weighted by atomic mass is 10.0. The second-order valence-electron chi connectivity index (χ2n) is 10.2. The second kappa shape index (κ2) is 11.0. The summed E-state index contributed by atoms with van der Waals surface area (Å²) in [5, 5.41) is 10.2. The topological polar surface area (TPSA) is 131 Å². The van der Waals surface area contributed by atoms with Crippen LogP contribution < -0.4 is 10.9 Å². The van der Waals surface area contributed by atoms with E-state index in [0.717, 1.165) is 12.0 Å². The van der Waals surface area contributed by atoms with Gasteiger partial charge in [0.1, 0.15) is 23.5 Å². The van der Waals surface area contributed by atoms with Crippen LogP contribution in [0.2, 0.25) is 0 Å². The predicted molar refractivity (Wildman–Crippen MR) is 139 cm³/mol. The van der Waals surface area contributed by atoms with Crippen LogP contribution in [0.25, 0.3) is 10.8 Å². The van der Waals surface area contributed by atoms with Gasteiger partial charge < -0.3 is 14.8 Å². The molecule has 0 atom stereocenters. The third kappa shape index (κ3) is 6.53. The number of ether oxygens (including phenoxy) is 2. The van der Waals surface area contributed by atoms with Crippen molar-refractivity contribution in [1.29, 1.82) is 0 Å². The van der Waals surface area contributed by atoms with Gasteiger partial charge in [0.15, 0.2) is 0 Å². The zero-order valence-electron chi connectivity index (χ0n) is 22.2. The van der Waals surface area contributed by atoms with E-state index in [0.29, 0.717) is 22.0 Å². The Labute approximate surface area is 219 Å². The van der Waals surface area contributed by atoms with E-state index in [1.54, 1.807) is 45.0 Å². The van der Waals surface area contributed by atoms with E-state index in [1.807, 2.05) is 0 Å². The highest BCUT2D eigenvalue weighted by atomic mass is 19.1. The van der Waals surface area contributed by atoms with Crippen molar-refractivity contribution in [2.24, 2.45) is 0 Å². The zero-order chi connectivity index (χ0) is 28.3. The summed E-state index contributed by atoms with van der Waals surface area (Å²) in [7, 11) is 1.16. The van der Waals surface area contributed by atoms with Gasteiger partial charge in [-0.25, -0.2) is 19.1 Å². The molecule has 2 amide bonds. The number of hydrogen-bond acceptors (Lipinski definition) is 7. The summed E-state index contributed by atoms with van der Waals surface area (Å²) < 4.78 is 24.9. The number of esters is 2. The lowest BCUT2D eigenvalue weighted by molar-refractivity contribution is -0.159. The smallest absolute Gasteiger partial charge is 0.331 e. The van der Waals surface area contributed by atoms with Gasteiger partial charge in [-0.15, -0.1) is 0 Å². The normalized spacial score (nSPS) is 11.7. The number of aromatic amines is 1. The van der Waals surface area contributed by atoms with Crippen LogP contribution in [0.5, 0.6) is 0 Å². The number of carbonyl (C=O) groups excluding carboxylic acids is 3. The number of H-pyrrole nitrogens is 1. The largest absolute Gasteiger partial charge is 0.467 e. The molecule has 0 bridgehead atoms. The molecule has 0 spiro atoms. The summed E-state index contributed by atoms with van der Waals surface area (Å²) in [6.45, 7) is 7.23. The molecule has 3 aromatic rings. The van der Waals surface area contributed by atoms with Crippen LogP contribution in [-0.2, 0) is 25.5 Å². The van der Waals surface area contributed by atoms with Crippen LogP contribution in [-0.4, -0.2) is 57.9 Å². The highest BCUT2D eigenvalue weighted by molar-refractivity contribution is 5.96. The summed E-state index contributed by atoms with van der Waals surface area (Å²) in [4.78, 5) is 51.3. The van der Waals surface area contributed by atoms with Gasteiger partial charge in [-0.1, -0.05) is 24.3 Å². The number of methoxy groups -OCH3 is 1. The van der Waals surface area contributed by atoms with E-state index >= 15 is 0 Å². The van der Waals surface area contributed by atoms with Crippen LogP contribution in [0, 0.1) is 5.82 Å². The second-order valence-corrected chi connectivity index (χ2v) is 10.2. The van der Waals surface area contributed by atoms with Crippen molar-refractivity contribution in [3.05, 3.63) is 69.9 Å². The average Bonchev–Trinajstić information content (AvgIpc) is 2.84. The summed E-state index contributed by atoms with van der Waals surface area (Å²) in [5.41, 5.74) is -1.75. The third-order valence-electron chi connectivity index (χ3n) is 5.73. The number of halogens is 1. The van der Waals surface area contributed by atoms with Crippen LogP contribution in [0.3, 0.4) is 0 Å². The number of rotatable bonds is 7. The summed E-state index contributed by atoms with van der Waals surface area (Å²) in [6, 6.07) is 10.2. The Balaban J connectivity index is 1.90. The van der Waals surface area contributed by atoms with E-state index in [2.05, 4.69) is 15.5 Å². The molecule has 0 saturated carbocycles. The molecule has 3 rings (SSSR count). The predicted octanol–water partition coefficient (Wildman–Crippen LogP) is 3.78. The number of nitrogens with zero attached hydrogens (tertiary/aromatic N) is 2. The lowest BCUT2D eigenvalue weighted by Crippen LogP contribution is -2.57. The van der Waals surface area contributed by atoms with Crippen molar-refractivity contribution in [2.75, 3.05) is 19.0 Å². The monoisotopic (exact) mass is 526 g/mol. The fourth-order valence-electron chi connectivity index (χ4n) is 3.85. The maximum atomic E-state index is 14.8. The SMILES string of the molecule is COC(=O)C(C)(C)N(CC(=O)OC(C)(C)C)C(=O)Nc1cc(Cc2n[nH]c(=O)c3ccccc23)ccc1F. The van der Waals surface area contributed by atoms with Gasteiger partial charge in [0.05, 0.1) is 23.9 Å². The number of amides is 2. The number of urea groups is 1. The molecule has 202 valence electrons. The van der Waals surface area contributed by atoms with Crippen molar-refractivity contribution in [2.45, 2.75) is 52.2 Å². The first kappa shape index (κ1) is 28.3. The summed E-state index contributed by atoms with van der Waals surface area (Å²) in [5.74, 6) is -2.26. The van der Waals surface area contributed by atoms with E-state index in [9.17, 15) is 23.6 Å². The molecule has 1 heterocycles. The fraction of sp³-hybridized carbons (Fsp3) is 0.370. The Morgan fingerprint density at radius 1 is 1.05 bits per heavy atom. The first-order valence-electron chi connectivity index (χ1n) is 11.9. The minimum atomic E-state index is -1.58. The number of benzene rings is 2. The van der Waals surface area contributed by atoms with E-state index in [4.69, 9.17) is 9.47 Å². The van der Waals surface area contributed by atoms with Crippen LogP contribution in [0.15, 0.2) is 47.3 Å². The molecule has 2 aromatic carbocycles. The van der Waals surface area contributed by atoms with E-state index in [1.165, 1.54) is 32.0 Å². The highest BCUT2D eigenvalue weighted by Crippen LogP contribution is 2.24. The molecule has 0 aliphatic heterocycles. The molecule has 0 aliphatic carbocycles. The Kier molecular flexibility index (Phi) is 8.19. The van der Waals surface area contributed by atoms with Crippen LogP contribution in [0.4, 0.5) is 14.9 Å². The number of aromatic nitrogens is 2. The number of hydrogen-bond donors (Lipinski definition) is 2. The molecule has 38 heavy (non-hydrogen) atoms. The van der Waals surface area contributed by atoms with E-state index in [-0.39, 0.29) is 17.7 Å². The highest BCUT2D eigenvalue weighted by Gasteiger charge is 2.41. The van der Waals surface area contributed by atoms with Crippen molar-refractivity contribution < 1.29 is 28.2 Å². The molecule has 0 unspecified atom stereocenters. The van der Waals surface area contributed by atoms with Gasteiger partial charge in [-0.3, -0.25) is 14.5 Å². The minimum absolute atomic E-state index is 0.170. The number of carbonyl (C=O) groups is 3. The molecule has 0 fully saturated rings. The number of fused-ring (bicyclic) bond motifs is 1. The Morgan fingerprint density at radius 2 is 1.71 bits per heavy atom. The molecule has 1 aromatic heterocycles. The van der Waals surface area contributed by atoms with Gasteiger partial charge >= 0.3 is 18.0 Å². The molecule has 0 saturated heterocycles. The van der Waals surface area contributed by atoms with E-state index < -0.39 is 41.5 Å². The van der Waals surface area contributed by atoms with Crippen LogP contribution in [0.1, 0.15) is 45.9 Å². The first-order chi connectivity index (χ1) is 17.7. The maximum Gasteiger partial charge on any atom is 0.331 e. The van der Waals surface area contributed by atoms with Crippen LogP contribution >= 0.6 is 0 Å². The van der Waals surface area contributed by atoms with Crippen molar-refractivity contribution in [3.8, 4) is 0 Å². The zero-order valence-corrected chi connectivity index (χ0v) is 22.2. The number of anilines is 1. The maximum absolute atomic E-state index is 14.8. The van der Waals surface area contributed by atoms with Gasteiger partial charge in [-0.05, 0) is 58.4 Å². The molecule has 11 heteroatoms. The summed E-state index contributed by atoms with van der Waals surface area (Å²) >= 11 is 0. The minimum Gasteiger partial charge on any atom is -0.467 e. The quantitative estimate of drug-likeness (QED) is 0.448. The molecule has 0 aliphatic rings. The Hall–Kier alpha value is -4.28. The van der Waals surface area contributed by atoms with Crippen molar-refractivity contribution in [1.82, 2.24) is 15.1 Å². The number of nitrogens with one attached hydrogen (secondary N) is 2. The van der Waals surface area contributed by atoms with Crippen molar-refractivity contribution in [3.63, 3.8) is 0 Å². The lowest BCUT2D eigenvalue weighted by Gasteiger charge is -2.36. The van der Waals surface area contributed by atoms with Gasteiger partial charge in [0.2, 0.25) is 0 Å². The van der Waals surface area contributed by atoms with Gasteiger partial charge in [0.25, 0.3) is 5.56 Å². The first-order valence-corrected chi connectivity index (χ1v) is 11.9. The van der Waals surface area contributed by atoms with Crippen molar-refractivity contribution >= 4 is 34.4 Å². The summed E-state index contributed by atoms with van der Waals surface area (Å²) in [6.07, 6.45) is 0.232. The fourth-order valence-corrected chi connectivity index (χ4v) is 3.85.